The molecule has 0 saturated carbocycles. The first-order valence-corrected chi connectivity index (χ1v) is 6.85. The minimum absolute atomic E-state index is 0.195. The first-order valence-electron chi connectivity index (χ1n) is 6.85. The zero-order valence-corrected chi connectivity index (χ0v) is 12.5. The van der Waals surface area contributed by atoms with Crippen molar-refractivity contribution in [2.45, 2.75) is 57.4 Å². The Bertz CT molecular complexity index is 391. The second-order valence-electron chi connectivity index (χ2n) is 6.29. The number of ether oxygens (including phenoxy) is 1. The van der Waals surface area contributed by atoms with E-state index >= 15 is 0 Å². The first-order chi connectivity index (χ1) is 9.40. The fraction of sp³-hybridized carbons (Fsp3) is 0.786. The minimum atomic E-state index is -4.27. The van der Waals surface area contributed by atoms with Gasteiger partial charge in [0.15, 0.2) is 0 Å². The SMILES string of the molecule is CC(C)(C)OC(=O)N1CCC(O)(C=CCC(F)(F)F)CC1. The Morgan fingerprint density at radius 3 is 2.24 bits per heavy atom. The summed E-state index contributed by atoms with van der Waals surface area (Å²) in [6.07, 6.45) is -3.30. The van der Waals surface area contributed by atoms with E-state index in [1.165, 1.54) is 11.0 Å². The Hall–Kier alpha value is -1.24. The maximum atomic E-state index is 12.1. The third kappa shape index (κ3) is 6.84. The van der Waals surface area contributed by atoms with Crippen LogP contribution < -0.4 is 0 Å². The highest BCUT2D eigenvalue weighted by molar-refractivity contribution is 5.68. The third-order valence-corrected chi connectivity index (χ3v) is 3.06. The maximum Gasteiger partial charge on any atom is 0.410 e. The van der Waals surface area contributed by atoms with Gasteiger partial charge in [-0.15, -0.1) is 0 Å². The molecule has 1 N–H and O–H groups in total. The molecule has 21 heavy (non-hydrogen) atoms. The number of carbonyl (C=O) groups is 1. The molecule has 0 radical (unpaired) electrons. The van der Waals surface area contributed by atoms with Crippen molar-refractivity contribution >= 4 is 6.09 Å². The molecule has 122 valence electrons. The summed E-state index contributed by atoms with van der Waals surface area (Å²) in [6, 6.07) is 0. The van der Waals surface area contributed by atoms with Crippen LogP contribution in [-0.4, -0.2) is 46.6 Å². The smallest absolute Gasteiger partial charge is 0.410 e. The van der Waals surface area contributed by atoms with Crippen LogP contribution in [0.5, 0.6) is 0 Å². The van der Waals surface area contributed by atoms with Crippen molar-refractivity contribution in [1.82, 2.24) is 4.90 Å². The van der Waals surface area contributed by atoms with Gasteiger partial charge in [0.25, 0.3) is 0 Å². The highest BCUT2D eigenvalue weighted by atomic mass is 19.4. The number of nitrogens with zero attached hydrogens (tertiary/aromatic N) is 1. The number of halogens is 3. The Morgan fingerprint density at radius 2 is 1.81 bits per heavy atom. The Labute approximate surface area is 122 Å². The molecule has 0 unspecified atom stereocenters. The second-order valence-corrected chi connectivity index (χ2v) is 6.29. The summed E-state index contributed by atoms with van der Waals surface area (Å²) in [7, 11) is 0. The molecule has 1 rings (SSSR count). The highest BCUT2D eigenvalue weighted by Crippen LogP contribution is 2.27. The molecular formula is C14H22F3NO3. The van der Waals surface area contributed by atoms with Gasteiger partial charge in [-0.2, -0.15) is 13.2 Å². The molecule has 1 aliphatic heterocycles. The summed E-state index contributed by atoms with van der Waals surface area (Å²) in [4.78, 5) is 13.3. The lowest BCUT2D eigenvalue weighted by molar-refractivity contribution is -0.125. The number of hydrogen-bond acceptors (Lipinski definition) is 3. The molecule has 0 atom stereocenters. The predicted molar refractivity (Wildman–Crippen MR) is 71.8 cm³/mol. The average Bonchev–Trinajstić information content (AvgIpc) is 2.25. The number of piperidine rings is 1. The standard InChI is InChI=1S/C14H22F3NO3/c1-12(2,3)21-11(19)18-9-7-13(20,8-10-18)5-4-6-14(15,16)17/h4-5,20H,6-10H2,1-3H3. The van der Waals surface area contributed by atoms with Gasteiger partial charge < -0.3 is 14.7 Å². The van der Waals surface area contributed by atoms with Gasteiger partial charge in [0.05, 0.1) is 12.0 Å². The van der Waals surface area contributed by atoms with E-state index in [1.54, 1.807) is 20.8 Å². The van der Waals surface area contributed by atoms with Crippen LogP contribution in [-0.2, 0) is 4.74 Å². The van der Waals surface area contributed by atoms with Gasteiger partial charge >= 0.3 is 12.3 Å². The molecule has 4 nitrogen and oxygen atoms in total. The van der Waals surface area contributed by atoms with E-state index in [2.05, 4.69) is 0 Å². The van der Waals surface area contributed by atoms with Crippen LogP contribution in [0.1, 0.15) is 40.0 Å². The first kappa shape index (κ1) is 17.8. The quantitative estimate of drug-likeness (QED) is 0.797. The Kier molecular flexibility index (Phi) is 5.30. The van der Waals surface area contributed by atoms with Crippen molar-refractivity contribution in [2.75, 3.05) is 13.1 Å². The van der Waals surface area contributed by atoms with Crippen LogP contribution in [0.15, 0.2) is 12.2 Å². The molecule has 0 aromatic carbocycles. The monoisotopic (exact) mass is 309 g/mol. The van der Waals surface area contributed by atoms with E-state index in [0.29, 0.717) is 0 Å². The highest BCUT2D eigenvalue weighted by Gasteiger charge is 2.34. The van der Waals surface area contributed by atoms with E-state index in [0.717, 1.165) is 6.08 Å². The fourth-order valence-electron chi connectivity index (χ4n) is 1.98. The molecule has 1 saturated heterocycles. The van der Waals surface area contributed by atoms with E-state index in [-0.39, 0.29) is 25.9 Å². The van der Waals surface area contributed by atoms with E-state index in [1.807, 2.05) is 0 Å². The zero-order valence-electron chi connectivity index (χ0n) is 12.5. The largest absolute Gasteiger partial charge is 0.444 e. The number of aliphatic hydroxyl groups is 1. The summed E-state index contributed by atoms with van der Waals surface area (Å²) in [5.74, 6) is 0. The number of allylic oxidation sites excluding steroid dienone is 1. The molecule has 1 fully saturated rings. The summed E-state index contributed by atoms with van der Waals surface area (Å²) in [5, 5.41) is 10.2. The summed E-state index contributed by atoms with van der Waals surface area (Å²) in [5.41, 5.74) is -1.89. The molecule has 1 aliphatic rings. The summed E-state index contributed by atoms with van der Waals surface area (Å²) in [6.45, 7) is 5.77. The van der Waals surface area contributed by atoms with Crippen LogP contribution in [0, 0.1) is 0 Å². The number of rotatable bonds is 2. The Morgan fingerprint density at radius 1 is 1.29 bits per heavy atom. The normalized spacial score (nSPS) is 19.9. The van der Waals surface area contributed by atoms with Crippen LogP contribution in [0.2, 0.25) is 0 Å². The molecule has 0 spiro atoms. The van der Waals surface area contributed by atoms with Gasteiger partial charge in [-0.3, -0.25) is 0 Å². The number of amides is 1. The summed E-state index contributed by atoms with van der Waals surface area (Å²) >= 11 is 0. The average molecular weight is 309 g/mol. The molecule has 0 aromatic heterocycles. The van der Waals surface area contributed by atoms with Crippen LogP contribution in [0.4, 0.5) is 18.0 Å². The number of likely N-dealkylation sites (tertiary alicyclic amines) is 1. The van der Waals surface area contributed by atoms with Crippen molar-refractivity contribution in [3.05, 3.63) is 12.2 Å². The van der Waals surface area contributed by atoms with Crippen molar-refractivity contribution in [1.29, 1.82) is 0 Å². The van der Waals surface area contributed by atoms with Gasteiger partial charge in [-0.1, -0.05) is 12.2 Å². The van der Waals surface area contributed by atoms with E-state index in [4.69, 9.17) is 4.74 Å². The molecule has 0 aromatic rings. The topological polar surface area (TPSA) is 49.8 Å². The van der Waals surface area contributed by atoms with Crippen molar-refractivity contribution in [3.63, 3.8) is 0 Å². The molecule has 1 heterocycles. The van der Waals surface area contributed by atoms with E-state index in [9.17, 15) is 23.1 Å². The minimum Gasteiger partial charge on any atom is -0.444 e. The molecule has 0 bridgehead atoms. The van der Waals surface area contributed by atoms with Crippen molar-refractivity contribution < 1.29 is 27.8 Å². The zero-order chi connectivity index (χ0) is 16.3. The third-order valence-electron chi connectivity index (χ3n) is 3.06. The number of hydrogen-bond donors (Lipinski definition) is 1. The molecule has 0 aliphatic carbocycles. The van der Waals surface area contributed by atoms with Gasteiger partial charge in [-0.25, -0.2) is 4.79 Å². The van der Waals surface area contributed by atoms with Crippen LogP contribution in [0.25, 0.3) is 0 Å². The molecule has 1 amide bonds. The molecular weight excluding hydrogens is 287 g/mol. The van der Waals surface area contributed by atoms with Gasteiger partial charge in [0, 0.05) is 13.1 Å². The van der Waals surface area contributed by atoms with Gasteiger partial charge in [0.2, 0.25) is 0 Å². The lowest BCUT2D eigenvalue weighted by Crippen LogP contribution is -2.47. The fourth-order valence-corrected chi connectivity index (χ4v) is 1.98. The predicted octanol–water partition coefficient (Wildman–Crippen LogP) is 3.26. The van der Waals surface area contributed by atoms with E-state index < -0.39 is 29.9 Å². The van der Waals surface area contributed by atoms with Crippen molar-refractivity contribution in [2.24, 2.45) is 0 Å². The van der Waals surface area contributed by atoms with Crippen LogP contribution in [0.3, 0.4) is 0 Å². The Balaban J connectivity index is 2.49. The lowest BCUT2D eigenvalue weighted by atomic mass is 9.91. The van der Waals surface area contributed by atoms with Gasteiger partial charge in [-0.05, 0) is 33.6 Å². The maximum absolute atomic E-state index is 12.1. The number of alkyl halides is 3. The second kappa shape index (κ2) is 6.25. The van der Waals surface area contributed by atoms with Gasteiger partial charge in [0.1, 0.15) is 5.60 Å². The van der Waals surface area contributed by atoms with Crippen LogP contribution >= 0.6 is 0 Å². The summed E-state index contributed by atoms with van der Waals surface area (Å²) < 4.78 is 41.4. The lowest BCUT2D eigenvalue weighted by Gasteiger charge is -2.37. The van der Waals surface area contributed by atoms with Crippen molar-refractivity contribution in [3.8, 4) is 0 Å². The molecule has 7 heteroatoms. The number of carbonyl (C=O) groups excluding carboxylic acids is 1.